The van der Waals surface area contributed by atoms with Gasteiger partial charge in [0.25, 0.3) is 0 Å². The molecule has 1 heterocycles. The highest BCUT2D eigenvalue weighted by atomic mass is 16.2. The molecule has 1 amide bonds. The van der Waals surface area contributed by atoms with E-state index in [0.717, 1.165) is 0 Å². The van der Waals surface area contributed by atoms with E-state index < -0.39 is 0 Å². The van der Waals surface area contributed by atoms with Gasteiger partial charge in [0.2, 0.25) is 5.91 Å². The van der Waals surface area contributed by atoms with Crippen LogP contribution in [-0.2, 0) is 4.79 Å². The van der Waals surface area contributed by atoms with Crippen LogP contribution in [0.25, 0.3) is 0 Å². The normalized spacial score (nSPS) is 9.65. The highest BCUT2D eigenvalue weighted by Gasteiger charge is 2.07. The quantitative estimate of drug-likeness (QED) is 0.774. The fourth-order valence-electron chi connectivity index (χ4n) is 1.05. The maximum Gasteiger partial charge on any atom is 0.228 e. The fraction of sp³-hybridized carbons (Fsp3) is 0.385. The summed E-state index contributed by atoms with van der Waals surface area (Å²) in [7, 11) is 0. The molecule has 2 N–H and O–H groups in total. The zero-order valence-electron chi connectivity index (χ0n) is 10.0. The van der Waals surface area contributed by atoms with Crippen LogP contribution in [0.1, 0.15) is 26.0 Å². The molecule has 0 aliphatic carbocycles. The molecule has 1 rings (SSSR count). The zero-order chi connectivity index (χ0) is 12.7. The van der Waals surface area contributed by atoms with Crippen molar-refractivity contribution < 1.29 is 9.90 Å². The van der Waals surface area contributed by atoms with E-state index in [4.69, 9.17) is 5.11 Å². The number of carbonyl (C=O) groups is 1. The molecule has 0 saturated heterocycles. The first-order valence-corrected chi connectivity index (χ1v) is 5.51. The summed E-state index contributed by atoms with van der Waals surface area (Å²) in [5.41, 5.74) is 0.583. The number of rotatable bonds is 3. The van der Waals surface area contributed by atoms with E-state index in [0.29, 0.717) is 17.9 Å². The van der Waals surface area contributed by atoms with Crippen molar-refractivity contribution in [3.8, 4) is 11.8 Å². The number of pyridine rings is 1. The first kappa shape index (κ1) is 13.2. The van der Waals surface area contributed by atoms with Crippen LogP contribution >= 0.6 is 0 Å². The molecule has 0 aliphatic rings. The molecule has 0 aromatic carbocycles. The predicted molar refractivity (Wildman–Crippen MR) is 66.3 cm³/mol. The Morgan fingerprint density at radius 2 is 2.29 bits per heavy atom. The lowest BCUT2D eigenvalue weighted by Crippen LogP contribution is -2.18. The second kappa shape index (κ2) is 6.66. The Labute approximate surface area is 101 Å². The number of hydrogen-bond donors (Lipinski definition) is 2. The molecule has 90 valence electrons. The van der Waals surface area contributed by atoms with Gasteiger partial charge in [0.15, 0.2) is 0 Å². The first-order valence-electron chi connectivity index (χ1n) is 5.51. The van der Waals surface area contributed by atoms with Crippen molar-refractivity contribution in [3.05, 3.63) is 23.9 Å². The molecule has 17 heavy (non-hydrogen) atoms. The average Bonchev–Trinajstić information content (AvgIpc) is 2.30. The Morgan fingerprint density at radius 3 is 2.94 bits per heavy atom. The molecule has 4 heteroatoms. The van der Waals surface area contributed by atoms with Gasteiger partial charge in [-0.3, -0.25) is 4.79 Å². The van der Waals surface area contributed by atoms with Crippen molar-refractivity contribution in [1.29, 1.82) is 0 Å². The van der Waals surface area contributed by atoms with E-state index in [2.05, 4.69) is 22.1 Å². The summed E-state index contributed by atoms with van der Waals surface area (Å²) in [6.07, 6.45) is 0.421. The van der Waals surface area contributed by atoms with Gasteiger partial charge in [0.1, 0.15) is 11.5 Å². The summed E-state index contributed by atoms with van der Waals surface area (Å²) in [4.78, 5) is 15.6. The average molecular weight is 232 g/mol. The van der Waals surface area contributed by atoms with E-state index in [-0.39, 0.29) is 18.4 Å². The summed E-state index contributed by atoms with van der Waals surface area (Å²) in [5, 5.41) is 11.3. The summed E-state index contributed by atoms with van der Waals surface area (Å²) in [6.45, 7) is 3.68. The Morgan fingerprint density at radius 1 is 1.53 bits per heavy atom. The summed E-state index contributed by atoms with van der Waals surface area (Å²) in [5.74, 6) is 5.94. The highest BCUT2D eigenvalue weighted by molar-refractivity contribution is 5.91. The van der Waals surface area contributed by atoms with Gasteiger partial charge in [-0.25, -0.2) is 4.98 Å². The third-order valence-corrected chi connectivity index (χ3v) is 1.98. The number of hydrogen-bond acceptors (Lipinski definition) is 3. The minimum absolute atomic E-state index is 0.0385. The van der Waals surface area contributed by atoms with Gasteiger partial charge in [0.05, 0.1) is 6.61 Å². The van der Waals surface area contributed by atoms with E-state index in [1.165, 1.54) is 0 Å². The minimum atomic E-state index is -0.0825. The maximum atomic E-state index is 11.5. The lowest BCUT2D eigenvalue weighted by Gasteiger charge is -2.06. The Balaban J connectivity index is 2.73. The van der Waals surface area contributed by atoms with Gasteiger partial charge in [-0.1, -0.05) is 25.8 Å². The number of carbonyl (C=O) groups excluding carboxylic acids is 1. The monoisotopic (exact) mass is 232 g/mol. The molecule has 4 nitrogen and oxygen atoms in total. The molecule has 0 radical (unpaired) electrons. The van der Waals surface area contributed by atoms with Crippen molar-refractivity contribution in [2.45, 2.75) is 20.3 Å². The molecule has 0 saturated carbocycles. The maximum absolute atomic E-state index is 11.5. The van der Waals surface area contributed by atoms with Crippen molar-refractivity contribution >= 4 is 11.7 Å². The molecule has 1 aromatic rings. The second-order valence-electron chi connectivity index (χ2n) is 3.83. The predicted octanol–water partition coefficient (Wildman–Crippen LogP) is 1.41. The number of aromatic nitrogens is 1. The van der Waals surface area contributed by atoms with Crippen LogP contribution in [0, 0.1) is 17.8 Å². The third-order valence-electron chi connectivity index (χ3n) is 1.98. The first-order chi connectivity index (χ1) is 8.13. The zero-order valence-corrected chi connectivity index (χ0v) is 10.0. The van der Waals surface area contributed by atoms with Gasteiger partial charge in [-0.15, -0.1) is 0 Å². The van der Waals surface area contributed by atoms with Crippen LogP contribution < -0.4 is 5.32 Å². The van der Waals surface area contributed by atoms with Crippen LogP contribution in [0.5, 0.6) is 0 Å². The molecular formula is C13H16N2O2. The van der Waals surface area contributed by atoms with E-state index in [1.807, 2.05) is 13.8 Å². The van der Waals surface area contributed by atoms with Crippen LogP contribution in [0.2, 0.25) is 0 Å². The largest absolute Gasteiger partial charge is 0.395 e. The lowest BCUT2D eigenvalue weighted by molar-refractivity contribution is -0.118. The number of nitrogens with one attached hydrogen (secondary N) is 1. The summed E-state index contributed by atoms with van der Waals surface area (Å²) < 4.78 is 0. The number of nitrogens with zero attached hydrogens (tertiary/aromatic N) is 1. The number of aliphatic hydroxyl groups is 1. The summed E-state index contributed by atoms with van der Waals surface area (Å²) in [6, 6.07) is 5.26. The van der Waals surface area contributed by atoms with Crippen molar-refractivity contribution in [1.82, 2.24) is 4.98 Å². The highest BCUT2D eigenvalue weighted by Crippen LogP contribution is 2.06. The van der Waals surface area contributed by atoms with E-state index >= 15 is 0 Å². The van der Waals surface area contributed by atoms with Crippen molar-refractivity contribution in [2.75, 3.05) is 11.9 Å². The van der Waals surface area contributed by atoms with Crippen molar-refractivity contribution in [3.63, 3.8) is 0 Å². The topological polar surface area (TPSA) is 62.2 Å². The smallest absolute Gasteiger partial charge is 0.228 e. The van der Waals surface area contributed by atoms with Crippen LogP contribution in [-0.4, -0.2) is 22.6 Å². The Hall–Kier alpha value is -1.86. The molecule has 0 fully saturated rings. The SMILES string of the molecule is CC(C)C(=O)Nc1cccc(C#CCCO)n1. The summed E-state index contributed by atoms with van der Waals surface area (Å²) >= 11 is 0. The molecule has 0 unspecified atom stereocenters. The van der Waals surface area contributed by atoms with Crippen LogP contribution in [0.3, 0.4) is 0 Å². The van der Waals surface area contributed by atoms with Gasteiger partial charge < -0.3 is 10.4 Å². The second-order valence-corrected chi connectivity index (χ2v) is 3.83. The molecular weight excluding hydrogens is 216 g/mol. The minimum Gasteiger partial charge on any atom is -0.395 e. The van der Waals surface area contributed by atoms with E-state index in [1.54, 1.807) is 18.2 Å². The third kappa shape index (κ3) is 4.66. The molecule has 1 aromatic heterocycles. The standard InChI is InChI=1S/C13H16N2O2/c1-10(2)13(17)15-12-8-5-7-11(14-12)6-3-4-9-16/h5,7-8,10,16H,4,9H2,1-2H3,(H,14,15,17). The fourth-order valence-corrected chi connectivity index (χ4v) is 1.05. The molecule has 0 spiro atoms. The Bertz CT molecular complexity index is 444. The van der Waals surface area contributed by atoms with E-state index in [9.17, 15) is 4.79 Å². The molecule has 0 atom stereocenters. The van der Waals surface area contributed by atoms with Crippen molar-refractivity contribution in [2.24, 2.45) is 5.92 Å². The number of aliphatic hydroxyl groups excluding tert-OH is 1. The lowest BCUT2D eigenvalue weighted by atomic mass is 10.2. The van der Waals surface area contributed by atoms with Gasteiger partial charge in [-0.05, 0) is 18.1 Å². The van der Waals surface area contributed by atoms with Gasteiger partial charge in [0, 0.05) is 12.3 Å². The molecule has 0 bridgehead atoms. The van der Waals surface area contributed by atoms with Gasteiger partial charge in [-0.2, -0.15) is 0 Å². The molecule has 0 aliphatic heterocycles. The van der Waals surface area contributed by atoms with Crippen LogP contribution in [0.15, 0.2) is 18.2 Å². The number of amides is 1. The Kier molecular flexibility index (Phi) is 5.18. The number of anilines is 1. The van der Waals surface area contributed by atoms with Crippen LogP contribution in [0.4, 0.5) is 5.82 Å². The van der Waals surface area contributed by atoms with Gasteiger partial charge >= 0.3 is 0 Å².